The Bertz CT molecular complexity index is 727. The third kappa shape index (κ3) is 2.14. The Labute approximate surface area is 127 Å². The van der Waals surface area contributed by atoms with Gasteiger partial charge in [-0.25, -0.2) is 4.98 Å². The molecule has 0 N–H and O–H groups in total. The van der Waals surface area contributed by atoms with Gasteiger partial charge in [-0.15, -0.1) is 11.3 Å². The number of hydrogen-bond donors (Lipinski definition) is 0. The zero-order chi connectivity index (χ0) is 14.4. The quantitative estimate of drug-likeness (QED) is 0.810. The molecule has 5 heteroatoms. The summed E-state index contributed by atoms with van der Waals surface area (Å²) in [6, 6.07) is 0.148. The van der Waals surface area contributed by atoms with Crippen molar-refractivity contribution in [3.8, 4) is 0 Å². The molecular formula is C16H20N2O2S. The first-order valence-corrected chi connectivity index (χ1v) is 8.65. The first-order valence-electron chi connectivity index (χ1n) is 7.77. The first kappa shape index (κ1) is 13.5. The van der Waals surface area contributed by atoms with Gasteiger partial charge in [-0.3, -0.25) is 9.36 Å². The Hall–Kier alpha value is -1.20. The van der Waals surface area contributed by atoms with Crippen LogP contribution >= 0.6 is 11.3 Å². The van der Waals surface area contributed by atoms with E-state index in [0.717, 1.165) is 35.0 Å². The van der Waals surface area contributed by atoms with Crippen LogP contribution < -0.4 is 5.56 Å². The summed E-state index contributed by atoms with van der Waals surface area (Å²) >= 11 is 1.50. The SMILES string of the molecule is Cc1csc2c(=O)n(C3COC4(CCCCC4)C3)cnc12. The molecule has 3 heterocycles. The zero-order valence-electron chi connectivity index (χ0n) is 12.3. The van der Waals surface area contributed by atoms with E-state index in [1.807, 2.05) is 16.9 Å². The fourth-order valence-electron chi connectivity index (χ4n) is 3.84. The highest BCUT2D eigenvalue weighted by Gasteiger charge is 2.42. The summed E-state index contributed by atoms with van der Waals surface area (Å²) in [5.74, 6) is 0. The lowest BCUT2D eigenvalue weighted by atomic mass is 9.82. The number of aromatic nitrogens is 2. The minimum atomic E-state index is 0.0304. The third-order valence-electron chi connectivity index (χ3n) is 5.03. The van der Waals surface area contributed by atoms with Crippen molar-refractivity contribution in [2.75, 3.05) is 6.61 Å². The van der Waals surface area contributed by atoms with Gasteiger partial charge in [-0.1, -0.05) is 19.3 Å². The minimum Gasteiger partial charge on any atom is -0.373 e. The largest absolute Gasteiger partial charge is 0.373 e. The smallest absolute Gasteiger partial charge is 0.271 e. The lowest BCUT2D eigenvalue weighted by molar-refractivity contribution is -0.0248. The predicted octanol–water partition coefficient (Wildman–Crippen LogP) is 3.43. The Morgan fingerprint density at radius 3 is 3.00 bits per heavy atom. The van der Waals surface area contributed by atoms with E-state index in [0.29, 0.717) is 6.61 Å². The summed E-state index contributed by atoms with van der Waals surface area (Å²) in [6.07, 6.45) is 8.80. The molecule has 1 spiro atoms. The van der Waals surface area contributed by atoms with Gasteiger partial charge in [0.2, 0.25) is 0 Å². The summed E-state index contributed by atoms with van der Waals surface area (Å²) in [4.78, 5) is 17.2. The van der Waals surface area contributed by atoms with Crippen molar-refractivity contribution < 1.29 is 4.74 Å². The molecule has 4 nitrogen and oxygen atoms in total. The second kappa shape index (κ2) is 4.92. The predicted molar refractivity (Wildman–Crippen MR) is 84.0 cm³/mol. The molecule has 21 heavy (non-hydrogen) atoms. The van der Waals surface area contributed by atoms with Crippen LogP contribution in [0, 0.1) is 6.92 Å². The number of aryl methyl sites for hydroxylation is 1. The second-order valence-electron chi connectivity index (χ2n) is 6.47. The fraction of sp³-hybridized carbons (Fsp3) is 0.625. The van der Waals surface area contributed by atoms with Gasteiger partial charge in [0.05, 0.1) is 30.1 Å². The Kier molecular flexibility index (Phi) is 3.15. The molecule has 1 atom stereocenters. The molecule has 0 aromatic carbocycles. The van der Waals surface area contributed by atoms with Crippen molar-refractivity contribution in [2.24, 2.45) is 0 Å². The van der Waals surface area contributed by atoms with Gasteiger partial charge in [0, 0.05) is 0 Å². The van der Waals surface area contributed by atoms with Crippen LogP contribution in [0.4, 0.5) is 0 Å². The number of thiophene rings is 1. The first-order chi connectivity index (χ1) is 10.2. The van der Waals surface area contributed by atoms with Crippen molar-refractivity contribution in [1.82, 2.24) is 9.55 Å². The van der Waals surface area contributed by atoms with Crippen molar-refractivity contribution in [3.05, 3.63) is 27.6 Å². The van der Waals surface area contributed by atoms with E-state index in [-0.39, 0.29) is 17.2 Å². The van der Waals surface area contributed by atoms with Crippen LogP contribution in [0.5, 0.6) is 0 Å². The second-order valence-corrected chi connectivity index (χ2v) is 7.35. The monoisotopic (exact) mass is 304 g/mol. The molecule has 1 aliphatic heterocycles. The summed E-state index contributed by atoms with van der Waals surface area (Å²) in [6.45, 7) is 2.66. The number of ether oxygens (including phenoxy) is 1. The molecule has 112 valence electrons. The molecule has 1 saturated carbocycles. The topological polar surface area (TPSA) is 44.1 Å². The lowest BCUT2D eigenvalue weighted by Crippen LogP contribution is -2.31. The van der Waals surface area contributed by atoms with E-state index in [2.05, 4.69) is 4.98 Å². The summed E-state index contributed by atoms with van der Waals surface area (Å²) in [7, 11) is 0. The Morgan fingerprint density at radius 2 is 2.19 bits per heavy atom. The minimum absolute atomic E-state index is 0.0304. The number of fused-ring (bicyclic) bond motifs is 1. The normalized spacial score (nSPS) is 24.9. The number of nitrogens with zero attached hydrogens (tertiary/aromatic N) is 2. The average Bonchev–Trinajstić information content (AvgIpc) is 3.06. The van der Waals surface area contributed by atoms with E-state index in [9.17, 15) is 4.79 Å². The molecular weight excluding hydrogens is 284 g/mol. The summed E-state index contributed by atoms with van der Waals surface area (Å²) in [5.41, 5.74) is 2.07. The maximum Gasteiger partial charge on any atom is 0.271 e. The van der Waals surface area contributed by atoms with Crippen molar-refractivity contribution in [1.29, 1.82) is 0 Å². The molecule has 2 fully saturated rings. The van der Waals surface area contributed by atoms with Gasteiger partial charge in [0.15, 0.2) is 0 Å². The van der Waals surface area contributed by atoms with Crippen molar-refractivity contribution >= 4 is 21.6 Å². The van der Waals surface area contributed by atoms with Gasteiger partial charge in [-0.05, 0) is 37.1 Å². The Morgan fingerprint density at radius 1 is 1.38 bits per heavy atom. The average molecular weight is 304 g/mol. The molecule has 0 radical (unpaired) electrons. The lowest BCUT2D eigenvalue weighted by Gasteiger charge is -2.32. The van der Waals surface area contributed by atoms with Gasteiger partial charge < -0.3 is 4.74 Å². The van der Waals surface area contributed by atoms with E-state index >= 15 is 0 Å². The zero-order valence-corrected chi connectivity index (χ0v) is 13.1. The van der Waals surface area contributed by atoms with Crippen LogP contribution in [0.2, 0.25) is 0 Å². The number of rotatable bonds is 1. The Balaban J connectivity index is 1.68. The summed E-state index contributed by atoms with van der Waals surface area (Å²) in [5, 5.41) is 2.01. The van der Waals surface area contributed by atoms with E-state index in [1.165, 1.54) is 30.6 Å². The maximum atomic E-state index is 12.7. The molecule has 4 rings (SSSR count). The number of hydrogen-bond acceptors (Lipinski definition) is 4. The molecule has 0 bridgehead atoms. The summed E-state index contributed by atoms with van der Waals surface area (Å²) < 4.78 is 8.72. The molecule has 2 aromatic rings. The molecule has 1 aliphatic carbocycles. The van der Waals surface area contributed by atoms with Crippen LogP contribution in [-0.4, -0.2) is 21.8 Å². The molecule has 0 amide bonds. The van der Waals surface area contributed by atoms with Crippen LogP contribution in [-0.2, 0) is 4.74 Å². The van der Waals surface area contributed by atoms with Gasteiger partial charge in [0.25, 0.3) is 5.56 Å². The van der Waals surface area contributed by atoms with Crippen molar-refractivity contribution in [3.63, 3.8) is 0 Å². The van der Waals surface area contributed by atoms with Crippen LogP contribution in [0.1, 0.15) is 50.1 Å². The molecule has 1 unspecified atom stereocenters. The van der Waals surface area contributed by atoms with Crippen LogP contribution in [0.25, 0.3) is 10.2 Å². The highest BCUT2D eigenvalue weighted by atomic mass is 32.1. The van der Waals surface area contributed by atoms with E-state index in [1.54, 1.807) is 6.33 Å². The van der Waals surface area contributed by atoms with Gasteiger partial charge in [-0.2, -0.15) is 0 Å². The van der Waals surface area contributed by atoms with Crippen molar-refractivity contribution in [2.45, 2.75) is 57.1 Å². The van der Waals surface area contributed by atoms with E-state index < -0.39 is 0 Å². The van der Waals surface area contributed by atoms with Gasteiger partial charge >= 0.3 is 0 Å². The van der Waals surface area contributed by atoms with Crippen LogP contribution in [0.3, 0.4) is 0 Å². The maximum absolute atomic E-state index is 12.7. The molecule has 1 saturated heterocycles. The highest BCUT2D eigenvalue weighted by Crippen LogP contribution is 2.43. The van der Waals surface area contributed by atoms with Gasteiger partial charge in [0.1, 0.15) is 4.70 Å². The standard InChI is InChI=1S/C16H20N2O2S/c1-11-9-21-14-13(11)17-10-18(15(14)19)12-7-16(20-8-12)5-3-2-4-6-16/h9-10,12H,2-8H2,1H3. The third-order valence-corrected chi connectivity index (χ3v) is 6.10. The molecule has 2 aliphatic rings. The van der Waals surface area contributed by atoms with Crippen LogP contribution in [0.15, 0.2) is 16.5 Å². The van der Waals surface area contributed by atoms with E-state index in [4.69, 9.17) is 4.74 Å². The highest BCUT2D eigenvalue weighted by molar-refractivity contribution is 7.17. The fourth-order valence-corrected chi connectivity index (χ4v) is 4.78. The molecule has 2 aromatic heterocycles.